The van der Waals surface area contributed by atoms with E-state index in [0.29, 0.717) is 11.1 Å². The summed E-state index contributed by atoms with van der Waals surface area (Å²) in [4.78, 5) is 0. The van der Waals surface area contributed by atoms with E-state index in [0.717, 1.165) is 12.3 Å². The van der Waals surface area contributed by atoms with Crippen molar-refractivity contribution in [2.45, 2.75) is 104 Å². The quantitative estimate of drug-likeness (QED) is 0.650. The zero-order chi connectivity index (χ0) is 16.3. The van der Waals surface area contributed by atoms with Crippen molar-refractivity contribution in [3.63, 3.8) is 0 Å². The van der Waals surface area contributed by atoms with E-state index in [2.05, 4.69) is 36.9 Å². The Kier molecular flexibility index (Phi) is 6.76. The third-order valence-electron chi connectivity index (χ3n) is 5.94. The zero-order valence-corrected chi connectivity index (χ0v) is 16.5. The topological polar surface area (TPSA) is 20.2 Å². The summed E-state index contributed by atoms with van der Waals surface area (Å²) in [5.74, 6) is 0.756. The molecule has 0 bridgehead atoms. The van der Waals surface area contributed by atoms with Crippen molar-refractivity contribution in [3.8, 4) is 0 Å². The summed E-state index contributed by atoms with van der Waals surface area (Å²) in [6, 6.07) is 0. The Morgan fingerprint density at radius 3 is 2.14 bits per heavy atom. The van der Waals surface area contributed by atoms with Gasteiger partial charge in [0, 0.05) is 0 Å². The zero-order valence-electron chi connectivity index (χ0n) is 15.3. The van der Waals surface area contributed by atoms with Crippen LogP contribution in [0.25, 0.3) is 0 Å². The molecule has 0 saturated heterocycles. The van der Waals surface area contributed by atoms with Crippen molar-refractivity contribution < 1.29 is 5.11 Å². The predicted molar refractivity (Wildman–Crippen MR) is 97.8 cm³/mol. The minimum absolute atomic E-state index is 0.242. The largest absolute Gasteiger partial charge is 0.390 e. The van der Waals surface area contributed by atoms with E-state index in [1.165, 1.54) is 44.9 Å². The normalized spacial score (nSPS) is 31.1. The first kappa shape index (κ1) is 19.4. The van der Waals surface area contributed by atoms with Crippen LogP contribution in [0.1, 0.15) is 92.9 Å². The Bertz CT molecular complexity index is 316. The van der Waals surface area contributed by atoms with Crippen molar-refractivity contribution in [1.29, 1.82) is 0 Å². The van der Waals surface area contributed by atoms with Gasteiger partial charge in [-0.15, -0.1) is 9.24 Å². The molecule has 0 radical (unpaired) electrons. The van der Waals surface area contributed by atoms with Gasteiger partial charge in [-0.1, -0.05) is 47.0 Å². The Hall–Kier alpha value is 0.390. The molecule has 0 aliphatic heterocycles. The van der Waals surface area contributed by atoms with Gasteiger partial charge in [0.25, 0.3) is 0 Å². The van der Waals surface area contributed by atoms with Gasteiger partial charge >= 0.3 is 0 Å². The van der Waals surface area contributed by atoms with Crippen molar-refractivity contribution in [3.05, 3.63) is 0 Å². The van der Waals surface area contributed by atoms with Gasteiger partial charge in [-0.25, -0.2) is 0 Å². The fourth-order valence-electron chi connectivity index (χ4n) is 4.44. The van der Waals surface area contributed by atoms with Crippen molar-refractivity contribution >= 4 is 9.24 Å². The maximum Gasteiger partial charge on any atom is 0.0597 e. The van der Waals surface area contributed by atoms with Crippen LogP contribution in [0.15, 0.2) is 0 Å². The van der Waals surface area contributed by atoms with Crippen LogP contribution in [0, 0.1) is 16.7 Å². The summed E-state index contributed by atoms with van der Waals surface area (Å²) >= 11 is 0. The van der Waals surface area contributed by atoms with Crippen molar-refractivity contribution in [1.82, 2.24) is 0 Å². The molecule has 0 spiro atoms. The minimum Gasteiger partial charge on any atom is -0.390 e. The molecule has 4 atom stereocenters. The summed E-state index contributed by atoms with van der Waals surface area (Å²) in [7, 11) is 3.04. The summed E-state index contributed by atoms with van der Waals surface area (Å²) in [6.45, 7) is 13.5. The van der Waals surface area contributed by atoms with Crippen LogP contribution in [-0.4, -0.2) is 16.4 Å². The van der Waals surface area contributed by atoms with E-state index in [1.54, 1.807) is 0 Å². The number of aliphatic hydroxyl groups is 1. The molecule has 0 aromatic carbocycles. The maximum absolute atomic E-state index is 10.2. The van der Waals surface area contributed by atoms with E-state index in [4.69, 9.17) is 0 Å². The lowest BCUT2D eigenvalue weighted by atomic mass is 9.68. The predicted octanol–water partition coefficient (Wildman–Crippen LogP) is 5.80. The second-order valence-electron chi connectivity index (χ2n) is 9.26. The van der Waals surface area contributed by atoms with Gasteiger partial charge in [-0.3, -0.25) is 0 Å². The van der Waals surface area contributed by atoms with Gasteiger partial charge in [0.2, 0.25) is 0 Å². The first-order valence-corrected chi connectivity index (χ1v) is 9.61. The molecule has 21 heavy (non-hydrogen) atoms. The van der Waals surface area contributed by atoms with Gasteiger partial charge in [0.1, 0.15) is 0 Å². The molecule has 1 N–H and O–H groups in total. The second-order valence-corrected chi connectivity index (χ2v) is 10.3. The van der Waals surface area contributed by atoms with Crippen molar-refractivity contribution in [2.24, 2.45) is 16.7 Å². The lowest BCUT2D eigenvalue weighted by Gasteiger charge is -2.39. The average molecular weight is 314 g/mol. The molecule has 1 fully saturated rings. The molecule has 1 aliphatic rings. The Labute approximate surface area is 135 Å². The molecule has 1 saturated carbocycles. The van der Waals surface area contributed by atoms with E-state index >= 15 is 0 Å². The molecule has 0 heterocycles. The first-order valence-electron chi connectivity index (χ1n) is 8.94. The average Bonchev–Trinajstić information content (AvgIpc) is 2.37. The standard InChI is InChI=1S/C19H39OP/c1-15(21)19(6)12-8-7-10-16(11-9-13-19)17(2,3)14-18(4,5)20/h15-16,20H,7-14,21H2,1-6H3. The number of hydrogen-bond acceptors (Lipinski definition) is 1. The smallest absolute Gasteiger partial charge is 0.0597 e. The lowest BCUT2D eigenvalue weighted by molar-refractivity contribution is 0.00667. The highest BCUT2D eigenvalue weighted by Crippen LogP contribution is 2.45. The highest BCUT2D eigenvalue weighted by Gasteiger charge is 2.36. The molecule has 2 heteroatoms. The molecule has 4 unspecified atom stereocenters. The third-order valence-corrected chi connectivity index (χ3v) is 6.75. The molecular weight excluding hydrogens is 275 g/mol. The highest BCUT2D eigenvalue weighted by atomic mass is 31.0. The van der Waals surface area contributed by atoms with Gasteiger partial charge in [-0.05, 0) is 68.4 Å². The molecule has 0 aromatic rings. The Balaban J connectivity index is 2.71. The summed E-state index contributed by atoms with van der Waals surface area (Å²) in [6.07, 6.45) is 10.4. The molecular formula is C19H39OP. The number of hydrogen-bond donors (Lipinski definition) is 1. The Morgan fingerprint density at radius 1 is 1.10 bits per heavy atom. The van der Waals surface area contributed by atoms with Gasteiger partial charge in [-0.2, -0.15) is 0 Å². The molecule has 126 valence electrons. The molecule has 1 aliphatic carbocycles. The van der Waals surface area contributed by atoms with E-state index in [-0.39, 0.29) is 5.41 Å². The fourth-order valence-corrected chi connectivity index (χ4v) is 4.77. The molecule has 0 amide bonds. The molecule has 1 nitrogen and oxygen atoms in total. The van der Waals surface area contributed by atoms with Crippen molar-refractivity contribution in [2.75, 3.05) is 0 Å². The van der Waals surface area contributed by atoms with Crippen LogP contribution >= 0.6 is 9.24 Å². The SMILES string of the molecule is CC(P)C1(C)CCCCC(C(C)(C)CC(C)(C)O)CCC1. The van der Waals surface area contributed by atoms with Gasteiger partial charge in [0.05, 0.1) is 5.60 Å². The summed E-state index contributed by atoms with van der Waals surface area (Å²) in [5.41, 5.74) is 0.898. The van der Waals surface area contributed by atoms with Gasteiger partial charge in [0.15, 0.2) is 0 Å². The minimum atomic E-state index is -0.551. The maximum atomic E-state index is 10.2. The molecule has 1 rings (SSSR count). The van der Waals surface area contributed by atoms with Crippen LogP contribution in [0.4, 0.5) is 0 Å². The monoisotopic (exact) mass is 314 g/mol. The number of rotatable bonds is 4. The summed E-state index contributed by atoms with van der Waals surface area (Å²) in [5, 5.41) is 10.2. The van der Waals surface area contributed by atoms with Crippen LogP contribution < -0.4 is 0 Å². The van der Waals surface area contributed by atoms with Crippen LogP contribution in [0.3, 0.4) is 0 Å². The third kappa shape index (κ3) is 6.19. The highest BCUT2D eigenvalue weighted by molar-refractivity contribution is 7.17. The van der Waals surface area contributed by atoms with E-state index in [9.17, 15) is 5.11 Å². The van der Waals surface area contributed by atoms with E-state index in [1.807, 2.05) is 13.8 Å². The second kappa shape index (κ2) is 7.31. The van der Waals surface area contributed by atoms with Gasteiger partial charge < -0.3 is 5.11 Å². The Morgan fingerprint density at radius 2 is 1.62 bits per heavy atom. The van der Waals surface area contributed by atoms with Crippen LogP contribution in [0.2, 0.25) is 0 Å². The van der Waals surface area contributed by atoms with E-state index < -0.39 is 5.60 Å². The fraction of sp³-hybridized carbons (Fsp3) is 1.00. The first-order chi connectivity index (χ1) is 9.46. The molecule has 0 aromatic heterocycles. The lowest BCUT2D eigenvalue weighted by Crippen LogP contribution is -2.34. The van der Waals surface area contributed by atoms with Crippen LogP contribution in [-0.2, 0) is 0 Å². The summed E-state index contributed by atoms with van der Waals surface area (Å²) < 4.78 is 0. The van der Waals surface area contributed by atoms with Crippen LogP contribution in [0.5, 0.6) is 0 Å².